The second-order valence-corrected chi connectivity index (χ2v) is 5.71. The number of benzene rings is 2. The summed E-state index contributed by atoms with van der Waals surface area (Å²) in [5.41, 5.74) is 11.7. The van der Waals surface area contributed by atoms with Crippen LogP contribution in [-0.2, 0) is 22.4 Å². The predicted molar refractivity (Wildman–Crippen MR) is 93.1 cm³/mol. The van der Waals surface area contributed by atoms with Crippen LogP contribution in [0.1, 0.15) is 11.1 Å². The van der Waals surface area contributed by atoms with Crippen LogP contribution in [0, 0.1) is 11.6 Å². The lowest BCUT2D eigenvalue weighted by molar-refractivity contribution is -0.139. The second kappa shape index (κ2) is 10.2. The SMILES string of the molecule is N[C@@H](Cc1ccc(F)cc1)C(=O)O.N[C@@H](Cc1ccc(O)c(F)c1)C(=O)O. The van der Waals surface area contributed by atoms with Crippen molar-refractivity contribution in [3.05, 3.63) is 65.2 Å². The molecule has 2 rings (SSSR count). The number of nitrogens with two attached hydrogens (primary N) is 2. The van der Waals surface area contributed by atoms with Crippen molar-refractivity contribution in [2.24, 2.45) is 11.5 Å². The maximum Gasteiger partial charge on any atom is 0.320 e. The third-order valence-corrected chi connectivity index (χ3v) is 3.47. The fourth-order valence-corrected chi connectivity index (χ4v) is 1.98. The molecule has 146 valence electrons. The molecule has 7 nitrogen and oxygen atoms in total. The molecule has 0 aliphatic carbocycles. The lowest BCUT2D eigenvalue weighted by Gasteiger charge is -2.06. The number of carbonyl (C=O) groups is 2. The molecule has 0 amide bonds. The van der Waals surface area contributed by atoms with E-state index in [0.29, 0.717) is 5.56 Å². The minimum atomic E-state index is -1.14. The van der Waals surface area contributed by atoms with E-state index in [1.807, 2.05) is 0 Å². The highest BCUT2D eigenvalue weighted by atomic mass is 19.1. The highest BCUT2D eigenvalue weighted by Crippen LogP contribution is 2.16. The number of carboxylic acid groups (broad SMARTS) is 2. The van der Waals surface area contributed by atoms with Crippen molar-refractivity contribution in [1.29, 1.82) is 0 Å². The molecule has 0 heterocycles. The van der Waals surface area contributed by atoms with Gasteiger partial charge in [-0.05, 0) is 48.2 Å². The first-order valence-electron chi connectivity index (χ1n) is 7.78. The van der Waals surface area contributed by atoms with Gasteiger partial charge >= 0.3 is 11.9 Å². The Morgan fingerprint density at radius 2 is 1.30 bits per heavy atom. The Morgan fingerprint density at radius 3 is 1.74 bits per heavy atom. The van der Waals surface area contributed by atoms with Crippen LogP contribution in [0.2, 0.25) is 0 Å². The summed E-state index contributed by atoms with van der Waals surface area (Å²) >= 11 is 0. The Kier molecular flexibility index (Phi) is 8.31. The van der Waals surface area contributed by atoms with Gasteiger partial charge in [0.15, 0.2) is 11.6 Å². The summed E-state index contributed by atoms with van der Waals surface area (Å²) in [6, 6.07) is 7.30. The summed E-state index contributed by atoms with van der Waals surface area (Å²) in [5.74, 6) is -3.77. The Bertz CT molecular complexity index is 784. The molecule has 0 fully saturated rings. The highest BCUT2D eigenvalue weighted by Gasteiger charge is 2.13. The largest absolute Gasteiger partial charge is 0.505 e. The van der Waals surface area contributed by atoms with E-state index >= 15 is 0 Å². The summed E-state index contributed by atoms with van der Waals surface area (Å²) in [7, 11) is 0. The van der Waals surface area contributed by atoms with Crippen molar-refractivity contribution in [2.75, 3.05) is 0 Å². The van der Waals surface area contributed by atoms with Crippen LogP contribution in [0.3, 0.4) is 0 Å². The van der Waals surface area contributed by atoms with Gasteiger partial charge in [-0.3, -0.25) is 9.59 Å². The number of hydrogen-bond donors (Lipinski definition) is 5. The molecule has 2 atom stereocenters. The lowest BCUT2D eigenvalue weighted by Crippen LogP contribution is -2.32. The average molecular weight is 382 g/mol. The van der Waals surface area contributed by atoms with Crippen molar-refractivity contribution < 1.29 is 33.7 Å². The molecular formula is C18H20F2N2O5. The molecule has 0 aliphatic heterocycles. The Balaban J connectivity index is 0.000000271. The molecule has 0 unspecified atom stereocenters. The predicted octanol–water partition coefficient (Wildman–Crippen LogP) is 1.27. The number of hydrogen-bond acceptors (Lipinski definition) is 5. The average Bonchev–Trinajstić information content (AvgIpc) is 2.60. The molecule has 27 heavy (non-hydrogen) atoms. The van der Waals surface area contributed by atoms with Gasteiger partial charge < -0.3 is 26.8 Å². The first-order chi connectivity index (χ1) is 12.6. The third-order valence-electron chi connectivity index (χ3n) is 3.47. The smallest absolute Gasteiger partial charge is 0.320 e. The Morgan fingerprint density at radius 1 is 0.852 bits per heavy atom. The first-order valence-corrected chi connectivity index (χ1v) is 7.78. The fraction of sp³-hybridized carbons (Fsp3) is 0.222. The minimum absolute atomic E-state index is 0.0343. The highest BCUT2D eigenvalue weighted by molar-refractivity contribution is 5.73. The Labute approximate surface area is 153 Å². The molecule has 0 radical (unpaired) electrons. The molecule has 2 aromatic carbocycles. The van der Waals surface area contributed by atoms with Gasteiger partial charge in [0, 0.05) is 0 Å². The number of phenols is 1. The van der Waals surface area contributed by atoms with Gasteiger partial charge in [0.2, 0.25) is 0 Å². The van der Waals surface area contributed by atoms with Gasteiger partial charge in [-0.15, -0.1) is 0 Å². The maximum absolute atomic E-state index is 12.8. The topological polar surface area (TPSA) is 147 Å². The molecule has 0 saturated carbocycles. The van der Waals surface area contributed by atoms with Crippen molar-refractivity contribution in [3.8, 4) is 5.75 Å². The molecule has 0 spiro atoms. The van der Waals surface area contributed by atoms with E-state index in [2.05, 4.69) is 0 Å². The van der Waals surface area contributed by atoms with E-state index in [-0.39, 0.29) is 18.7 Å². The van der Waals surface area contributed by atoms with Gasteiger partial charge in [-0.1, -0.05) is 18.2 Å². The number of rotatable bonds is 6. The molecule has 9 heteroatoms. The zero-order valence-corrected chi connectivity index (χ0v) is 14.2. The minimum Gasteiger partial charge on any atom is -0.505 e. The van der Waals surface area contributed by atoms with Crippen LogP contribution in [0.5, 0.6) is 5.75 Å². The van der Waals surface area contributed by atoms with Crippen LogP contribution >= 0.6 is 0 Å². The van der Waals surface area contributed by atoms with Gasteiger partial charge in [0.05, 0.1) is 0 Å². The zero-order valence-electron chi connectivity index (χ0n) is 14.2. The van der Waals surface area contributed by atoms with Gasteiger partial charge in [0.1, 0.15) is 17.9 Å². The summed E-state index contributed by atoms with van der Waals surface area (Å²) in [6.45, 7) is 0. The lowest BCUT2D eigenvalue weighted by atomic mass is 10.1. The van der Waals surface area contributed by atoms with E-state index in [0.717, 1.165) is 11.6 Å². The standard InChI is InChI=1S/C9H10FNO3.C9H10FNO2/c10-6-3-5(1-2-8(6)12)4-7(11)9(13)14;10-7-3-1-6(2-4-7)5-8(11)9(12)13/h1-3,7,12H,4,11H2,(H,13,14);1-4,8H,5,11H2,(H,12,13)/t7-;8-/m00/s1. The number of aromatic hydroxyl groups is 1. The third kappa shape index (κ3) is 7.80. The molecule has 0 bridgehead atoms. The summed E-state index contributed by atoms with van der Waals surface area (Å²) < 4.78 is 25.2. The van der Waals surface area contributed by atoms with Crippen molar-refractivity contribution in [2.45, 2.75) is 24.9 Å². The van der Waals surface area contributed by atoms with Crippen LogP contribution in [0.25, 0.3) is 0 Å². The zero-order chi connectivity index (χ0) is 20.6. The van der Waals surface area contributed by atoms with Gasteiger partial charge in [-0.2, -0.15) is 0 Å². The number of phenolic OH excluding ortho intramolecular Hbond substituents is 1. The molecule has 7 N–H and O–H groups in total. The molecule has 0 aromatic heterocycles. The first kappa shape index (κ1) is 22.0. The van der Waals surface area contributed by atoms with Crippen molar-refractivity contribution >= 4 is 11.9 Å². The van der Waals surface area contributed by atoms with Crippen LogP contribution in [-0.4, -0.2) is 39.3 Å². The van der Waals surface area contributed by atoms with Gasteiger partial charge in [-0.25, -0.2) is 8.78 Å². The maximum atomic E-state index is 12.8. The van der Waals surface area contributed by atoms with Crippen molar-refractivity contribution in [1.82, 2.24) is 0 Å². The van der Waals surface area contributed by atoms with E-state index in [4.69, 9.17) is 26.8 Å². The fourth-order valence-electron chi connectivity index (χ4n) is 1.98. The Hall–Kier alpha value is -3.04. The summed E-state index contributed by atoms with van der Waals surface area (Å²) in [6.07, 6.45) is 0.252. The number of carboxylic acids is 2. The molecule has 2 aromatic rings. The molecule has 0 saturated heterocycles. The molecular weight excluding hydrogens is 362 g/mol. The number of halogens is 2. The summed E-state index contributed by atoms with van der Waals surface area (Å²) in [5, 5.41) is 25.9. The van der Waals surface area contributed by atoms with Gasteiger partial charge in [0.25, 0.3) is 0 Å². The van der Waals surface area contributed by atoms with E-state index in [1.54, 1.807) is 0 Å². The summed E-state index contributed by atoms with van der Waals surface area (Å²) in [4.78, 5) is 20.8. The number of aliphatic carboxylic acids is 2. The van der Waals surface area contributed by atoms with E-state index < -0.39 is 35.6 Å². The monoisotopic (exact) mass is 382 g/mol. The van der Waals surface area contributed by atoms with Crippen LogP contribution in [0.4, 0.5) is 8.78 Å². The van der Waals surface area contributed by atoms with Crippen LogP contribution in [0.15, 0.2) is 42.5 Å². The van der Waals surface area contributed by atoms with E-state index in [9.17, 15) is 18.4 Å². The van der Waals surface area contributed by atoms with E-state index in [1.165, 1.54) is 36.4 Å². The normalized spacial score (nSPS) is 12.4. The quantitative estimate of drug-likeness (QED) is 0.505. The van der Waals surface area contributed by atoms with Crippen molar-refractivity contribution in [3.63, 3.8) is 0 Å². The second-order valence-electron chi connectivity index (χ2n) is 5.71. The molecule has 0 aliphatic rings. The van der Waals surface area contributed by atoms with Crippen LogP contribution < -0.4 is 11.5 Å².